The monoisotopic (exact) mass is 217 g/mol. The lowest BCUT2D eigenvalue weighted by Crippen LogP contribution is -1.96. The highest BCUT2D eigenvalue weighted by molar-refractivity contribution is 7.73. The van der Waals surface area contributed by atoms with E-state index in [4.69, 9.17) is 12.2 Å². The van der Waals surface area contributed by atoms with Crippen LogP contribution in [-0.4, -0.2) is 4.57 Å². The van der Waals surface area contributed by atoms with Gasteiger partial charge in [0.2, 0.25) is 0 Å². The number of alkyl halides is 2. The van der Waals surface area contributed by atoms with Crippen molar-refractivity contribution in [1.82, 2.24) is 4.57 Å². The molecule has 0 bridgehead atoms. The van der Waals surface area contributed by atoms with Gasteiger partial charge in [0.15, 0.2) is 3.95 Å². The molecule has 2 aromatic rings. The van der Waals surface area contributed by atoms with Crippen molar-refractivity contribution in [2.75, 3.05) is 0 Å². The number of nitrogens with zero attached hydrogens (tertiary/aromatic N) is 1. The fraction of sp³-hybridized carbons (Fsp3) is 0.125. The third-order valence-electron chi connectivity index (χ3n) is 1.71. The molecule has 0 saturated heterocycles. The first-order valence-electron chi connectivity index (χ1n) is 3.58. The summed E-state index contributed by atoms with van der Waals surface area (Å²) in [5.74, 6) is 0. The Morgan fingerprint density at radius 2 is 2.00 bits per heavy atom. The van der Waals surface area contributed by atoms with Crippen molar-refractivity contribution in [3.8, 4) is 0 Å². The lowest BCUT2D eigenvalue weighted by Gasteiger charge is -2.00. The highest BCUT2D eigenvalue weighted by Crippen LogP contribution is 2.27. The predicted molar refractivity (Wildman–Crippen MR) is 51.9 cm³/mol. The highest BCUT2D eigenvalue weighted by Gasteiger charge is 2.11. The topological polar surface area (TPSA) is 4.93 Å². The first-order valence-corrected chi connectivity index (χ1v) is 4.81. The standard InChI is InChI=1S/C8H5F2NS2/c9-7(10)11-5-3-1-2-4-6(5)13-8(11)12/h1-4,7H. The molecule has 0 spiro atoms. The molecule has 68 valence electrons. The lowest BCUT2D eigenvalue weighted by atomic mass is 10.3. The van der Waals surface area contributed by atoms with E-state index in [9.17, 15) is 8.78 Å². The van der Waals surface area contributed by atoms with Crippen LogP contribution in [0, 0.1) is 3.95 Å². The maximum Gasteiger partial charge on any atom is 0.320 e. The Hall–Kier alpha value is -0.810. The third kappa shape index (κ3) is 1.38. The molecule has 5 heteroatoms. The summed E-state index contributed by atoms with van der Waals surface area (Å²) in [5.41, 5.74) is 0.507. The second-order valence-corrected chi connectivity index (χ2v) is 4.16. The Morgan fingerprint density at radius 3 is 2.69 bits per heavy atom. The van der Waals surface area contributed by atoms with E-state index in [1.54, 1.807) is 18.2 Å². The number of halogens is 2. The van der Waals surface area contributed by atoms with Crippen molar-refractivity contribution < 1.29 is 8.78 Å². The largest absolute Gasteiger partial charge is 0.320 e. The summed E-state index contributed by atoms with van der Waals surface area (Å²) in [6, 6.07) is 6.97. The van der Waals surface area contributed by atoms with Crippen molar-refractivity contribution >= 4 is 33.8 Å². The molecule has 13 heavy (non-hydrogen) atoms. The van der Waals surface area contributed by atoms with Crippen molar-refractivity contribution in [2.45, 2.75) is 6.55 Å². The summed E-state index contributed by atoms with van der Waals surface area (Å²) in [6.07, 6.45) is 0. The van der Waals surface area contributed by atoms with E-state index in [1.165, 1.54) is 11.3 Å². The van der Waals surface area contributed by atoms with Gasteiger partial charge in [-0.2, -0.15) is 8.78 Å². The molecule has 0 unspecified atom stereocenters. The number of benzene rings is 1. The minimum atomic E-state index is -2.55. The fourth-order valence-corrected chi connectivity index (χ4v) is 2.50. The molecule has 0 aliphatic carbocycles. The summed E-state index contributed by atoms with van der Waals surface area (Å²) in [4.78, 5) is 0. The predicted octanol–water partition coefficient (Wildman–Crippen LogP) is 3.83. The van der Waals surface area contributed by atoms with E-state index < -0.39 is 6.55 Å². The van der Waals surface area contributed by atoms with Crippen LogP contribution in [0.15, 0.2) is 24.3 Å². The lowest BCUT2D eigenvalue weighted by molar-refractivity contribution is 0.0745. The van der Waals surface area contributed by atoms with Crippen LogP contribution in [0.5, 0.6) is 0 Å². The van der Waals surface area contributed by atoms with E-state index in [0.717, 1.165) is 9.27 Å². The van der Waals surface area contributed by atoms with E-state index in [2.05, 4.69) is 0 Å². The van der Waals surface area contributed by atoms with Gasteiger partial charge in [-0.3, -0.25) is 4.57 Å². The van der Waals surface area contributed by atoms with Crippen molar-refractivity contribution in [2.24, 2.45) is 0 Å². The van der Waals surface area contributed by atoms with Gasteiger partial charge < -0.3 is 0 Å². The maximum absolute atomic E-state index is 12.5. The molecule has 0 fully saturated rings. The molecule has 0 radical (unpaired) electrons. The number of hydrogen-bond donors (Lipinski definition) is 0. The van der Waals surface area contributed by atoms with Crippen LogP contribution in [0.25, 0.3) is 10.2 Å². The SMILES string of the molecule is FC(F)n1c(=S)sc2ccccc21. The van der Waals surface area contributed by atoms with Gasteiger partial charge in [0.25, 0.3) is 0 Å². The van der Waals surface area contributed by atoms with Gasteiger partial charge in [-0.25, -0.2) is 0 Å². The van der Waals surface area contributed by atoms with Gasteiger partial charge in [-0.05, 0) is 24.4 Å². The molecule has 0 saturated carbocycles. The van der Waals surface area contributed by atoms with Crippen molar-refractivity contribution in [3.63, 3.8) is 0 Å². The fourth-order valence-electron chi connectivity index (χ4n) is 1.17. The summed E-state index contributed by atoms with van der Waals surface area (Å²) in [5, 5.41) is 0. The van der Waals surface area contributed by atoms with Gasteiger partial charge in [-0.15, -0.1) is 11.3 Å². The molecule has 0 aliphatic heterocycles. The second kappa shape index (κ2) is 3.16. The Balaban J connectivity index is 2.87. The van der Waals surface area contributed by atoms with E-state index in [1.807, 2.05) is 6.07 Å². The third-order valence-corrected chi connectivity index (χ3v) is 3.10. The molecule has 0 aliphatic rings. The van der Waals surface area contributed by atoms with Crippen LogP contribution in [0.2, 0.25) is 0 Å². The van der Waals surface area contributed by atoms with Crippen molar-refractivity contribution in [3.05, 3.63) is 28.2 Å². The molecule has 0 atom stereocenters. The first-order chi connectivity index (χ1) is 6.20. The van der Waals surface area contributed by atoms with Crippen LogP contribution in [0.4, 0.5) is 8.78 Å². The summed E-state index contributed by atoms with van der Waals surface area (Å²) < 4.78 is 26.9. The highest BCUT2D eigenvalue weighted by atomic mass is 32.1. The molecule has 1 nitrogen and oxygen atoms in total. The summed E-state index contributed by atoms with van der Waals surface area (Å²) in [7, 11) is 0. The van der Waals surface area contributed by atoms with Gasteiger partial charge in [0.05, 0.1) is 10.2 Å². The van der Waals surface area contributed by atoms with Gasteiger partial charge >= 0.3 is 6.55 Å². The Bertz CT molecular complexity index is 486. The number of fused-ring (bicyclic) bond motifs is 1. The number of hydrogen-bond acceptors (Lipinski definition) is 2. The van der Waals surface area contributed by atoms with E-state index in [-0.39, 0.29) is 3.95 Å². The molecule has 1 aromatic heterocycles. The first kappa shape index (κ1) is 8.77. The maximum atomic E-state index is 12.5. The second-order valence-electron chi connectivity index (χ2n) is 2.48. The average molecular weight is 217 g/mol. The normalized spacial score (nSPS) is 11.3. The number of rotatable bonds is 1. The van der Waals surface area contributed by atoms with Crippen molar-refractivity contribution in [1.29, 1.82) is 0 Å². The van der Waals surface area contributed by atoms with Gasteiger partial charge in [0, 0.05) is 0 Å². The van der Waals surface area contributed by atoms with Crippen LogP contribution in [0.3, 0.4) is 0 Å². The van der Waals surface area contributed by atoms with E-state index in [0.29, 0.717) is 5.52 Å². The van der Waals surface area contributed by atoms with Crippen LogP contribution < -0.4 is 0 Å². The van der Waals surface area contributed by atoms with Crippen LogP contribution in [0.1, 0.15) is 6.55 Å². The Labute approximate surface area is 82.2 Å². The quantitative estimate of drug-likeness (QED) is 0.657. The number of aromatic nitrogens is 1. The molecular weight excluding hydrogens is 212 g/mol. The molecular formula is C8H5F2NS2. The zero-order valence-corrected chi connectivity index (χ0v) is 8.04. The molecule has 1 heterocycles. The zero-order chi connectivity index (χ0) is 9.42. The van der Waals surface area contributed by atoms with Crippen LogP contribution >= 0.6 is 23.6 Å². The Kier molecular flexibility index (Phi) is 2.13. The molecule has 2 rings (SSSR count). The summed E-state index contributed by atoms with van der Waals surface area (Å²) >= 11 is 6.04. The molecule has 0 amide bonds. The minimum absolute atomic E-state index is 0.219. The van der Waals surface area contributed by atoms with Gasteiger partial charge in [-0.1, -0.05) is 12.1 Å². The zero-order valence-electron chi connectivity index (χ0n) is 6.41. The molecule has 0 N–H and O–H groups in total. The summed E-state index contributed by atoms with van der Waals surface area (Å²) in [6.45, 7) is -2.55. The number of thiazole rings is 1. The number of para-hydroxylation sites is 1. The minimum Gasteiger partial charge on any atom is -0.265 e. The average Bonchev–Trinajstić information content (AvgIpc) is 2.39. The Morgan fingerprint density at radius 1 is 1.31 bits per heavy atom. The molecule has 1 aromatic carbocycles. The van der Waals surface area contributed by atoms with Gasteiger partial charge in [0.1, 0.15) is 0 Å². The smallest absolute Gasteiger partial charge is 0.265 e. The van der Waals surface area contributed by atoms with E-state index >= 15 is 0 Å². The van der Waals surface area contributed by atoms with Crippen LogP contribution in [-0.2, 0) is 0 Å².